The molecule has 0 saturated carbocycles. The highest BCUT2D eigenvalue weighted by molar-refractivity contribution is 5.68. The molecular formula is C22H20N8. The third kappa shape index (κ3) is 4.31. The summed E-state index contributed by atoms with van der Waals surface area (Å²) in [5.41, 5.74) is 11.0. The minimum absolute atomic E-state index is 0.133. The maximum atomic E-state index is 9.13. The second kappa shape index (κ2) is 8.49. The number of hydrogen-bond donors (Lipinski definition) is 1. The summed E-state index contributed by atoms with van der Waals surface area (Å²) in [7, 11) is 0. The average molecular weight is 396 g/mol. The van der Waals surface area contributed by atoms with Crippen LogP contribution in [0.25, 0.3) is 22.6 Å². The van der Waals surface area contributed by atoms with Gasteiger partial charge in [0.15, 0.2) is 0 Å². The molecule has 4 aromatic rings. The lowest BCUT2D eigenvalue weighted by atomic mass is 10.1. The zero-order valence-corrected chi connectivity index (χ0v) is 16.5. The van der Waals surface area contributed by atoms with Crippen LogP contribution in [0, 0.1) is 11.3 Å². The van der Waals surface area contributed by atoms with Gasteiger partial charge in [-0.05, 0) is 36.8 Å². The number of rotatable bonds is 6. The normalized spacial score (nSPS) is 10.7. The largest absolute Gasteiger partial charge is 0.368 e. The zero-order valence-electron chi connectivity index (χ0n) is 16.5. The molecule has 148 valence electrons. The summed E-state index contributed by atoms with van der Waals surface area (Å²) < 4.78 is 1.72. The van der Waals surface area contributed by atoms with Gasteiger partial charge < -0.3 is 5.73 Å². The van der Waals surface area contributed by atoms with Crippen molar-refractivity contribution in [2.24, 2.45) is 0 Å². The van der Waals surface area contributed by atoms with Gasteiger partial charge in [0.25, 0.3) is 0 Å². The Kier molecular flexibility index (Phi) is 5.44. The number of pyridine rings is 1. The Morgan fingerprint density at radius 3 is 2.60 bits per heavy atom. The molecule has 0 bridgehead atoms. The number of nitrogens with zero attached hydrogens (tertiary/aromatic N) is 7. The molecule has 3 heterocycles. The molecule has 0 aliphatic carbocycles. The minimum Gasteiger partial charge on any atom is -0.368 e. The van der Waals surface area contributed by atoms with Gasteiger partial charge in [0.05, 0.1) is 41.5 Å². The smallest absolute Gasteiger partial charge is 0.221 e. The third-order valence-corrected chi connectivity index (χ3v) is 4.53. The molecule has 0 unspecified atom stereocenters. The second-order valence-electron chi connectivity index (χ2n) is 6.86. The molecule has 0 aliphatic heterocycles. The minimum atomic E-state index is 0.133. The molecule has 1 aromatic carbocycles. The van der Waals surface area contributed by atoms with Crippen LogP contribution in [0.3, 0.4) is 0 Å². The van der Waals surface area contributed by atoms with Crippen molar-refractivity contribution < 1.29 is 0 Å². The Bertz CT molecular complexity index is 1220. The summed E-state index contributed by atoms with van der Waals surface area (Å²) >= 11 is 0. The predicted octanol–water partition coefficient (Wildman–Crippen LogP) is 3.25. The van der Waals surface area contributed by atoms with Crippen LogP contribution < -0.4 is 5.73 Å². The highest BCUT2D eigenvalue weighted by Crippen LogP contribution is 2.24. The number of aromatic nitrogens is 6. The number of nitrogens with two attached hydrogens (primary N) is 1. The van der Waals surface area contributed by atoms with Crippen LogP contribution in [0.4, 0.5) is 5.95 Å². The molecule has 0 atom stereocenters. The van der Waals surface area contributed by atoms with E-state index < -0.39 is 0 Å². The van der Waals surface area contributed by atoms with Crippen LogP contribution in [-0.2, 0) is 13.0 Å². The molecule has 8 nitrogen and oxygen atoms in total. The number of nitriles is 1. The Morgan fingerprint density at radius 2 is 1.77 bits per heavy atom. The molecule has 30 heavy (non-hydrogen) atoms. The van der Waals surface area contributed by atoms with Crippen molar-refractivity contribution in [2.45, 2.75) is 26.3 Å². The topological polar surface area (TPSA) is 119 Å². The van der Waals surface area contributed by atoms with Gasteiger partial charge in [0.1, 0.15) is 5.69 Å². The van der Waals surface area contributed by atoms with E-state index in [0.717, 1.165) is 29.8 Å². The van der Waals surface area contributed by atoms with Crippen molar-refractivity contribution in [1.82, 2.24) is 29.9 Å². The maximum absolute atomic E-state index is 9.13. The number of nitrogen functional groups attached to an aromatic ring is 1. The lowest BCUT2D eigenvalue weighted by Crippen LogP contribution is -2.04. The van der Waals surface area contributed by atoms with E-state index in [2.05, 4.69) is 38.3 Å². The fourth-order valence-corrected chi connectivity index (χ4v) is 3.16. The monoisotopic (exact) mass is 396 g/mol. The van der Waals surface area contributed by atoms with Crippen molar-refractivity contribution in [3.63, 3.8) is 0 Å². The molecule has 0 fully saturated rings. The van der Waals surface area contributed by atoms with Gasteiger partial charge in [-0.1, -0.05) is 36.8 Å². The Hall–Kier alpha value is -4.12. The Morgan fingerprint density at radius 1 is 0.967 bits per heavy atom. The summed E-state index contributed by atoms with van der Waals surface area (Å²) in [6.07, 6.45) is 3.82. The van der Waals surface area contributed by atoms with E-state index in [0.29, 0.717) is 29.2 Å². The van der Waals surface area contributed by atoms with E-state index in [1.807, 2.05) is 36.5 Å². The summed E-state index contributed by atoms with van der Waals surface area (Å²) in [6, 6.07) is 17.1. The summed E-state index contributed by atoms with van der Waals surface area (Å²) in [4.78, 5) is 13.3. The molecule has 4 rings (SSSR count). The SMILES string of the molecule is CCCc1cccc(Cn2cc(-c3cc(-c4cccc(C#N)c4)nc(N)n3)nn2)n1. The third-order valence-electron chi connectivity index (χ3n) is 4.53. The van der Waals surface area contributed by atoms with Crippen LogP contribution >= 0.6 is 0 Å². The Balaban J connectivity index is 1.61. The number of benzene rings is 1. The van der Waals surface area contributed by atoms with Gasteiger partial charge >= 0.3 is 0 Å². The van der Waals surface area contributed by atoms with Crippen LogP contribution in [0.2, 0.25) is 0 Å². The molecular weight excluding hydrogens is 376 g/mol. The fraction of sp³-hybridized carbons (Fsp3) is 0.182. The lowest BCUT2D eigenvalue weighted by Gasteiger charge is -2.05. The van der Waals surface area contributed by atoms with E-state index >= 15 is 0 Å². The first-order valence-electron chi connectivity index (χ1n) is 9.65. The summed E-state index contributed by atoms with van der Waals surface area (Å²) in [5.74, 6) is 0.133. The second-order valence-corrected chi connectivity index (χ2v) is 6.86. The molecule has 8 heteroatoms. The van der Waals surface area contributed by atoms with Crippen molar-refractivity contribution in [2.75, 3.05) is 5.73 Å². The fourth-order valence-electron chi connectivity index (χ4n) is 3.16. The molecule has 0 radical (unpaired) electrons. The van der Waals surface area contributed by atoms with E-state index in [-0.39, 0.29) is 5.95 Å². The van der Waals surface area contributed by atoms with E-state index in [4.69, 9.17) is 11.0 Å². The van der Waals surface area contributed by atoms with Crippen molar-refractivity contribution >= 4 is 5.95 Å². The quantitative estimate of drug-likeness (QED) is 0.531. The van der Waals surface area contributed by atoms with Crippen molar-refractivity contribution in [3.05, 3.63) is 71.7 Å². The van der Waals surface area contributed by atoms with Crippen LogP contribution in [0.5, 0.6) is 0 Å². The van der Waals surface area contributed by atoms with Gasteiger partial charge in [-0.15, -0.1) is 5.10 Å². The highest BCUT2D eigenvalue weighted by atomic mass is 15.4. The first-order chi connectivity index (χ1) is 14.6. The molecule has 0 saturated heterocycles. The first kappa shape index (κ1) is 19.2. The molecule has 3 aromatic heterocycles. The van der Waals surface area contributed by atoms with Crippen LogP contribution in [0.1, 0.15) is 30.3 Å². The van der Waals surface area contributed by atoms with E-state index in [1.54, 1.807) is 22.9 Å². The van der Waals surface area contributed by atoms with Gasteiger partial charge in [-0.25, -0.2) is 14.6 Å². The first-order valence-corrected chi connectivity index (χ1v) is 9.65. The maximum Gasteiger partial charge on any atom is 0.221 e. The average Bonchev–Trinajstić information content (AvgIpc) is 3.22. The van der Waals surface area contributed by atoms with Gasteiger partial charge in [-0.2, -0.15) is 5.26 Å². The number of anilines is 1. The predicted molar refractivity (Wildman–Crippen MR) is 113 cm³/mol. The summed E-state index contributed by atoms with van der Waals surface area (Å²) in [6.45, 7) is 2.65. The number of aryl methyl sites for hydroxylation is 1. The lowest BCUT2D eigenvalue weighted by molar-refractivity contribution is 0.635. The van der Waals surface area contributed by atoms with Crippen LogP contribution in [0.15, 0.2) is 54.7 Å². The standard InChI is InChI=1S/C22H20N8/c1-2-5-17-8-4-9-18(25-17)13-30-14-21(28-29-30)20-11-19(26-22(24)27-20)16-7-3-6-15(10-16)12-23/h3-4,6-11,14H,2,5,13H2,1H3,(H2,24,26,27). The molecule has 0 spiro atoms. The van der Waals surface area contributed by atoms with Gasteiger partial charge in [0.2, 0.25) is 5.95 Å². The number of hydrogen-bond acceptors (Lipinski definition) is 7. The Labute approximate surface area is 174 Å². The highest BCUT2D eigenvalue weighted by Gasteiger charge is 2.11. The molecule has 0 aliphatic rings. The van der Waals surface area contributed by atoms with Gasteiger partial charge in [0, 0.05) is 11.3 Å². The van der Waals surface area contributed by atoms with Crippen LogP contribution in [-0.4, -0.2) is 29.9 Å². The molecule has 0 amide bonds. The van der Waals surface area contributed by atoms with E-state index in [9.17, 15) is 0 Å². The summed E-state index contributed by atoms with van der Waals surface area (Å²) in [5, 5.41) is 17.6. The molecule has 2 N–H and O–H groups in total. The zero-order chi connectivity index (χ0) is 20.9. The van der Waals surface area contributed by atoms with E-state index in [1.165, 1.54) is 0 Å². The van der Waals surface area contributed by atoms with Gasteiger partial charge in [-0.3, -0.25) is 4.98 Å². The van der Waals surface area contributed by atoms with Crippen molar-refractivity contribution in [1.29, 1.82) is 5.26 Å². The van der Waals surface area contributed by atoms with Crippen molar-refractivity contribution in [3.8, 4) is 28.7 Å².